The molecule has 0 radical (unpaired) electrons. The molecule has 13 heteroatoms. The van der Waals surface area contributed by atoms with Crippen LogP contribution in [0.3, 0.4) is 0 Å². The summed E-state index contributed by atoms with van der Waals surface area (Å²) in [7, 11) is -7.94. The average Bonchev–Trinajstić information content (AvgIpc) is 2.78. The van der Waals surface area contributed by atoms with E-state index in [9.17, 15) is 26.7 Å². The lowest BCUT2D eigenvalue weighted by molar-refractivity contribution is 0.382. The molecule has 0 amide bonds. The molecular formula is C23H31N5O6S2. The number of nitrogens with zero attached hydrogens (tertiary/aromatic N) is 3. The molecule has 1 aliphatic carbocycles. The summed E-state index contributed by atoms with van der Waals surface area (Å²) >= 11 is 0. The van der Waals surface area contributed by atoms with Crippen LogP contribution in [-0.4, -0.2) is 43.8 Å². The molecule has 0 saturated heterocycles. The molecule has 36 heavy (non-hydrogen) atoms. The van der Waals surface area contributed by atoms with Crippen LogP contribution in [-0.2, 0) is 26.6 Å². The molecule has 4 rings (SSSR count). The van der Waals surface area contributed by atoms with Crippen molar-refractivity contribution < 1.29 is 21.9 Å². The minimum atomic E-state index is -4.32. The van der Waals surface area contributed by atoms with Gasteiger partial charge in [-0.3, -0.25) is 9.52 Å². The van der Waals surface area contributed by atoms with Crippen molar-refractivity contribution in [3.8, 4) is 5.75 Å². The van der Waals surface area contributed by atoms with Crippen LogP contribution in [0.25, 0.3) is 0 Å². The first-order valence-electron chi connectivity index (χ1n) is 11.9. The molecular weight excluding hydrogens is 506 g/mol. The van der Waals surface area contributed by atoms with Crippen molar-refractivity contribution in [3.63, 3.8) is 0 Å². The third-order valence-corrected chi connectivity index (χ3v) is 8.25. The topological polar surface area (TPSA) is 160 Å². The third-order valence-electron chi connectivity index (χ3n) is 6.33. The molecule has 0 unspecified atom stereocenters. The Hall–Kier alpha value is -2.93. The van der Waals surface area contributed by atoms with Crippen molar-refractivity contribution in [2.75, 3.05) is 16.3 Å². The highest BCUT2D eigenvalue weighted by molar-refractivity contribution is 7.92. The highest BCUT2D eigenvalue weighted by atomic mass is 32.2. The summed E-state index contributed by atoms with van der Waals surface area (Å²) in [6.07, 6.45) is 6.33. The maximum Gasteiger partial charge on any atom is 0.286 e. The molecule has 0 atom stereocenters. The number of benzene rings is 1. The van der Waals surface area contributed by atoms with E-state index in [1.807, 2.05) is 13.8 Å². The van der Waals surface area contributed by atoms with Gasteiger partial charge in [-0.05, 0) is 43.4 Å². The molecule has 2 heterocycles. The van der Waals surface area contributed by atoms with Gasteiger partial charge in [0.1, 0.15) is 16.2 Å². The first kappa shape index (κ1) is 26.1. The van der Waals surface area contributed by atoms with Crippen molar-refractivity contribution >= 4 is 37.3 Å². The van der Waals surface area contributed by atoms with E-state index < -0.39 is 25.6 Å². The number of aromatic nitrogens is 2. The van der Waals surface area contributed by atoms with E-state index in [0.717, 1.165) is 44.4 Å². The second kappa shape index (κ2) is 9.85. The number of rotatable bonds is 7. The lowest BCUT2D eigenvalue weighted by Gasteiger charge is -2.25. The summed E-state index contributed by atoms with van der Waals surface area (Å²) < 4.78 is 56.6. The maximum atomic E-state index is 13.4. The molecule has 1 aromatic carbocycles. The van der Waals surface area contributed by atoms with Crippen LogP contribution in [0.2, 0.25) is 0 Å². The Labute approximate surface area is 210 Å². The third kappa shape index (κ3) is 5.56. The second-order valence-corrected chi connectivity index (χ2v) is 13.1. The monoisotopic (exact) mass is 537 g/mol. The largest absolute Gasteiger partial charge is 0.505 e. The normalized spacial score (nSPS) is 17.8. The van der Waals surface area contributed by atoms with Crippen LogP contribution in [0, 0.1) is 5.92 Å². The van der Waals surface area contributed by atoms with Gasteiger partial charge in [0.05, 0.1) is 11.9 Å². The Bertz CT molecular complexity index is 1470. The molecule has 0 bridgehead atoms. The smallest absolute Gasteiger partial charge is 0.286 e. The van der Waals surface area contributed by atoms with E-state index in [0.29, 0.717) is 24.6 Å². The van der Waals surface area contributed by atoms with E-state index in [4.69, 9.17) is 0 Å². The average molecular weight is 538 g/mol. The lowest BCUT2D eigenvalue weighted by atomic mass is 9.86. The molecule has 11 nitrogen and oxygen atoms in total. The zero-order valence-electron chi connectivity index (χ0n) is 20.5. The summed E-state index contributed by atoms with van der Waals surface area (Å²) in [5.41, 5.74) is -0.311. The van der Waals surface area contributed by atoms with Gasteiger partial charge in [0.25, 0.3) is 15.6 Å². The van der Waals surface area contributed by atoms with Crippen LogP contribution in [0.4, 0.5) is 11.4 Å². The van der Waals surface area contributed by atoms with E-state index in [1.54, 1.807) is 0 Å². The van der Waals surface area contributed by atoms with E-state index in [-0.39, 0.29) is 39.3 Å². The zero-order valence-corrected chi connectivity index (χ0v) is 22.1. The molecule has 1 aromatic heterocycles. The fraction of sp³-hybridized carbons (Fsp3) is 0.522. The van der Waals surface area contributed by atoms with Crippen molar-refractivity contribution in [1.29, 1.82) is 0 Å². The minimum Gasteiger partial charge on any atom is -0.505 e. The fourth-order valence-corrected chi connectivity index (χ4v) is 6.23. The van der Waals surface area contributed by atoms with Crippen LogP contribution < -0.4 is 15.6 Å². The predicted octanol–water partition coefficient (Wildman–Crippen LogP) is 2.98. The number of sulfonamides is 2. The summed E-state index contributed by atoms with van der Waals surface area (Å²) in [4.78, 5) is 13.2. The van der Waals surface area contributed by atoms with Gasteiger partial charge in [-0.1, -0.05) is 33.1 Å². The zero-order chi connectivity index (χ0) is 26.3. The van der Waals surface area contributed by atoms with Gasteiger partial charge >= 0.3 is 0 Å². The Morgan fingerprint density at radius 3 is 2.56 bits per heavy atom. The van der Waals surface area contributed by atoms with E-state index >= 15 is 0 Å². The van der Waals surface area contributed by atoms with Crippen molar-refractivity contribution in [1.82, 2.24) is 9.78 Å². The summed E-state index contributed by atoms with van der Waals surface area (Å²) in [6.45, 7) is 4.37. The number of aryl methyl sites for hydroxylation is 1. The van der Waals surface area contributed by atoms with Crippen molar-refractivity contribution in [2.45, 2.75) is 69.7 Å². The van der Waals surface area contributed by atoms with Gasteiger partial charge in [0.15, 0.2) is 11.6 Å². The Kier molecular flexibility index (Phi) is 7.15. The van der Waals surface area contributed by atoms with Gasteiger partial charge in [-0.25, -0.2) is 13.1 Å². The fourth-order valence-electron chi connectivity index (χ4n) is 4.52. The predicted molar refractivity (Wildman–Crippen MR) is 138 cm³/mol. The molecule has 2 aliphatic rings. The maximum absolute atomic E-state index is 13.4. The number of amidine groups is 1. The summed E-state index contributed by atoms with van der Waals surface area (Å²) in [5.74, 6) is -0.373. The molecule has 196 valence electrons. The standard InChI is InChI=1S/C23H31N5O6S2/c1-14(2)11-12-28-23(30)19(21(29)20(25-28)15-7-5-4-6-8-15)22-24-17-10-9-16(26-35(3,31)32)13-18(17)36(33,34)27-22/h9-10,13-15,26,29H,4-8,11-12H2,1-3H3,(H,24,27). The number of aromatic hydroxyl groups is 1. The van der Waals surface area contributed by atoms with Gasteiger partial charge < -0.3 is 10.4 Å². The van der Waals surface area contributed by atoms with Crippen molar-refractivity contribution in [3.05, 3.63) is 39.8 Å². The Morgan fingerprint density at radius 1 is 1.22 bits per heavy atom. The number of hydrogen-bond donors (Lipinski definition) is 3. The number of anilines is 2. The molecule has 2 aromatic rings. The van der Waals surface area contributed by atoms with Crippen LogP contribution in [0.1, 0.15) is 69.5 Å². The van der Waals surface area contributed by atoms with Gasteiger partial charge in [0.2, 0.25) is 10.0 Å². The second-order valence-electron chi connectivity index (χ2n) is 9.78. The highest BCUT2D eigenvalue weighted by Crippen LogP contribution is 2.38. The van der Waals surface area contributed by atoms with Crippen LogP contribution in [0.5, 0.6) is 5.75 Å². The van der Waals surface area contributed by atoms with Crippen LogP contribution >= 0.6 is 0 Å². The molecule has 0 spiro atoms. The molecule has 1 aliphatic heterocycles. The van der Waals surface area contributed by atoms with E-state index in [2.05, 4.69) is 19.5 Å². The van der Waals surface area contributed by atoms with Crippen molar-refractivity contribution in [2.24, 2.45) is 10.3 Å². The summed E-state index contributed by atoms with van der Waals surface area (Å²) in [6, 6.07) is 3.93. The number of nitrogens with one attached hydrogen (secondary N) is 2. The first-order chi connectivity index (χ1) is 16.9. The quantitative estimate of drug-likeness (QED) is 0.486. The molecule has 3 N–H and O–H groups in total. The van der Waals surface area contributed by atoms with Gasteiger partial charge in [-0.15, -0.1) is 4.40 Å². The van der Waals surface area contributed by atoms with Gasteiger partial charge in [-0.2, -0.15) is 13.5 Å². The highest BCUT2D eigenvalue weighted by Gasteiger charge is 2.32. The first-order valence-corrected chi connectivity index (χ1v) is 15.3. The number of hydrogen-bond acceptors (Lipinski definition) is 8. The van der Waals surface area contributed by atoms with Gasteiger partial charge in [0, 0.05) is 18.2 Å². The van der Waals surface area contributed by atoms with E-state index in [1.165, 1.54) is 16.8 Å². The number of fused-ring (bicyclic) bond motifs is 1. The molecule has 1 fully saturated rings. The minimum absolute atomic E-state index is 0.0406. The molecule has 1 saturated carbocycles. The Balaban J connectivity index is 1.83. The summed E-state index contributed by atoms with van der Waals surface area (Å²) in [5, 5.41) is 18.6. The lowest BCUT2D eigenvalue weighted by Crippen LogP contribution is -2.35. The SMILES string of the molecule is CC(C)CCn1nc(C2CCCCC2)c(O)c(C2=NS(=O)(=O)c3cc(NS(C)(=O)=O)ccc3N2)c1=O. The van der Waals surface area contributed by atoms with Crippen LogP contribution in [0.15, 0.2) is 32.3 Å². The Morgan fingerprint density at radius 2 is 1.92 bits per heavy atom.